The van der Waals surface area contributed by atoms with E-state index in [9.17, 15) is 18.4 Å². The van der Waals surface area contributed by atoms with E-state index in [2.05, 4.69) is 20.6 Å². The van der Waals surface area contributed by atoms with Gasteiger partial charge in [-0.1, -0.05) is 0 Å². The fourth-order valence-corrected chi connectivity index (χ4v) is 4.79. The van der Waals surface area contributed by atoms with Crippen LogP contribution in [0, 0.1) is 19.8 Å². The normalized spacial score (nSPS) is 23.3. The highest BCUT2D eigenvalue weighted by Gasteiger charge is 2.49. The maximum Gasteiger partial charge on any atom is 0.276 e. The molecule has 31 heavy (non-hydrogen) atoms. The lowest BCUT2D eigenvalue weighted by atomic mass is 9.87. The molecule has 2 aliphatic rings. The Kier molecular flexibility index (Phi) is 5.16. The number of likely N-dealkylation sites (N-methyl/N-ethyl adjacent to an activating group) is 1. The van der Waals surface area contributed by atoms with Crippen molar-refractivity contribution in [2.45, 2.75) is 38.8 Å². The molecule has 166 valence electrons. The van der Waals surface area contributed by atoms with Crippen molar-refractivity contribution < 1.29 is 13.6 Å². The van der Waals surface area contributed by atoms with Gasteiger partial charge in [-0.25, -0.2) is 18.7 Å². The molecule has 1 spiro atoms. The number of piperidine rings is 1. The average Bonchev–Trinajstić information content (AvgIpc) is 2.93. The molecule has 4 N–H and O–H groups in total. The van der Waals surface area contributed by atoms with E-state index in [1.54, 1.807) is 27.0 Å². The van der Waals surface area contributed by atoms with Crippen molar-refractivity contribution in [1.82, 2.24) is 24.8 Å². The number of aryl methyl sites for hydroxylation is 1. The van der Waals surface area contributed by atoms with Crippen LogP contribution >= 0.6 is 0 Å². The third kappa shape index (κ3) is 3.62. The number of nitrogens with one attached hydrogen (secondary N) is 2. The summed E-state index contributed by atoms with van der Waals surface area (Å²) >= 11 is 0. The topological polar surface area (TPSA) is 118 Å². The average molecular weight is 433 g/mol. The number of anilines is 3. The predicted octanol–water partition coefficient (Wildman–Crippen LogP) is 1.58. The molecular weight excluding hydrogens is 408 g/mol. The lowest BCUT2D eigenvalue weighted by molar-refractivity contribution is 0.0238. The first-order chi connectivity index (χ1) is 14.6. The molecule has 2 unspecified atom stereocenters. The number of amides is 1. The zero-order valence-electron chi connectivity index (χ0n) is 17.6. The van der Waals surface area contributed by atoms with Gasteiger partial charge in [0.15, 0.2) is 0 Å². The molecule has 0 saturated carbocycles. The van der Waals surface area contributed by atoms with E-state index in [0.29, 0.717) is 30.0 Å². The van der Waals surface area contributed by atoms with Crippen molar-refractivity contribution >= 4 is 23.2 Å². The first-order valence-corrected chi connectivity index (χ1v) is 10.0. The van der Waals surface area contributed by atoms with Crippen molar-refractivity contribution in [3.63, 3.8) is 0 Å². The number of hydrogen-bond donors (Lipinski definition) is 3. The molecule has 0 aromatic carbocycles. The van der Waals surface area contributed by atoms with Gasteiger partial charge < -0.3 is 21.3 Å². The zero-order chi connectivity index (χ0) is 22.5. The number of fused-ring (bicyclic) bond motifs is 2. The largest absolute Gasteiger partial charge is 0.383 e. The van der Waals surface area contributed by atoms with E-state index in [1.807, 2.05) is 4.90 Å². The SMILES string of the molecule is Cc1cc(Nc2ncnc(N)c2C)c(=O)n2c1C(=O)NC21CC(CC(F)F)CN(C)C1. The van der Waals surface area contributed by atoms with Gasteiger partial charge in [0.05, 0.1) is 0 Å². The van der Waals surface area contributed by atoms with Crippen LogP contribution in [-0.4, -0.2) is 51.9 Å². The minimum atomic E-state index is -2.46. The molecule has 2 aliphatic heterocycles. The fourth-order valence-electron chi connectivity index (χ4n) is 4.79. The molecule has 11 heteroatoms. The summed E-state index contributed by atoms with van der Waals surface area (Å²) in [5, 5.41) is 5.93. The standard InChI is InChI=1S/C20H25F2N7O2/c1-10-4-13(26-17-11(2)16(23)24-9-25-17)19(31)29-15(10)18(30)27-20(29)6-12(5-14(21)22)7-28(3)8-20/h4,9,12,14H,5-8H2,1-3H3,(H,27,30)(H3,23,24,25,26). The van der Waals surface area contributed by atoms with Gasteiger partial charge in [0.2, 0.25) is 6.43 Å². The first-order valence-electron chi connectivity index (χ1n) is 10.0. The summed E-state index contributed by atoms with van der Waals surface area (Å²) in [5.41, 5.74) is 5.97. The molecule has 9 nitrogen and oxygen atoms in total. The van der Waals surface area contributed by atoms with E-state index in [1.165, 1.54) is 10.9 Å². The summed E-state index contributed by atoms with van der Waals surface area (Å²) in [6.07, 6.45) is -1.20. The van der Waals surface area contributed by atoms with E-state index in [0.717, 1.165) is 0 Å². The quantitative estimate of drug-likeness (QED) is 0.670. The Morgan fingerprint density at radius 1 is 1.35 bits per heavy atom. The van der Waals surface area contributed by atoms with Crippen LogP contribution in [-0.2, 0) is 5.66 Å². The van der Waals surface area contributed by atoms with Crippen molar-refractivity contribution in [3.05, 3.63) is 39.6 Å². The highest BCUT2D eigenvalue weighted by atomic mass is 19.3. The third-order valence-corrected chi connectivity index (χ3v) is 6.00. The van der Waals surface area contributed by atoms with Gasteiger partial charge in [0.25, 0.3) is 11.5 Å². The Balaban J connectivity index is 1.81. The molecule has 2 aromatic heterocycles. The number of nitrogen functional groups attached to an aromatic ring is 1. The van der Waals surface area contributed by atoms with Gasteiger partial charge in [0, 0.05) is 25.1 Å². The number of alkyl halides is 2. The van der Waals surface area contributed by atoms with Crippen LogP contribution in [0.25, 0.3) is 0 Å². The van der Waals surface area contributed by atoms with E-state index in [4.69, 9.17) is 5.73 Å². The molecule has 4 heterocycles. The van der Waals surface area contributed by atoms with Crippen LogP contribution < -0.4 is 21.9 Å². The number of likely N-dealkylation sites (tertiary alicyclic amines) is 1. The van der Waals surface area contributed by atoms with Crippen LogP contribution in [0.1, 0.15) is 34.5 Å². The lowest BCUT2D eigenvalue weighted by Gasteiger charge is -2.43. The lowest BCUT2D eigenvalue weighted by Crippen LogP contribution is -2.59. The maximum atomic E-state index is 13.5. The maximum absolute atomic E-state index is 13.5. The Hall–Kier alpha value is -3.08. The van der Waals surface area contributed by atoms with Crippen LogP contribution in [0.15, 0.2) is 17.2 Å². The molecule has 1 fully saturated rings. The second kappa shape index (κ2) is 7.56. The minimum absolute atomic E-state index is 0.219. The Morgan fingerprint density at radius 3 is 2.81 bits per heavy atom. The number of pyridine rings is 1. The monoisotopic (exact) mass is 433 g/mol. The minimum Gasteiger partial charge on any atom is -0.383 e. The summed E-state index contributed by atoms with van der Waals surface area (Å²) in [7, 11) is 1.80. The summed E-state index contributed by atoms with van der Waals surface area (Å²) in [6.45, 7) is 4.28. The second-order valence-corrected chi connectivity index (χ2v) is 8.47. The van der Waals surface area contributed by atoms with Gasteiger partial charge in [-0.3, -0.25) is 14.2 Å². The number of carbonyl (C=O) groups is 1. The van der Waals surface area contributed by atoms with Gasteiger partial charge in [-0.15, -0.1) is 0 Å². The van der Waals surface area contributed by atoms with Crippen molar-refractivity contribution in [1.29, 1.82) is 0 Å². The smallest absolute Gasteiger partial charge is 0.276 e. The van der Waals surface area contributed by atoms with E-state index in [-0.39, 0.29) is 41.9 Å². The summed E-state index contributed by atoms with van der Waals surface area (Å²) in [5.74, 6) is -0.0767. The van der Waals surface area contributed by atoms with Crippen molar-refractivity contribution in [3.8, 4) is 0 Å². The van der Waals surface area contributed by atoms with Crippen LogP contribution in [0.3, 0.4) is 0 Å². The number of nitrogens with two attached hydrogens (primary N) is 1. The Morgan fingerprint density at radius 2 is 2.10 bits per heavy atom. The van der Waals surface area contributed by atoms with Gasteiger partial charge >= 0.3 is 0 Å². The number of carbonyl (C=O) groups excluding carboxylic acids is 1. The number of hydrogen-bond acceptors (Lipinski definition) is 7. The Labute approximate surface area is 177 Å². The molecule has 1 saturated heterocycles. The van der Waals surface area contributed by atoms with Gasteiger partial charge in [0.1, 0.15) is 35.0 Å². The molecule has 1 amide bonds. The molecule has 0 aliphatic carbocycles. The van der Waals surface area contributed by atoms with Gasteiger partial charge in [-0.05, 0) is 44.9 Å². The summed E-state index contributed by atoms with van der Waals surface area (Å²) < 4.78 is 27.6. The Bertz CT molecular complexity index is 1100. The van der Waals surface area contributed by atoms with Crippen LogP contribution in [0.5, 0.6) is 0 Å². The number of nitrogens with zero attached hydrogens (tertiary/aromatic N) is 4. The molecule has 4 rings (SSSR count). The predicted molar refractivity (Wildman–Crippen MR) is 112 cm³/mol. The molecule has 0 bridgehead atoms. The van der Waals surface area contributed by atoms with Crippen molar-refractivity contribution in [2.75, 3.05) is 31.2 Å². The molecule has 2 aromatic rings. The molecule has 2 atom stereocenters. The summed E-state index contributed by atoms with van der Waals surface area (Å²) in [4.78, 5) is 36.3. The van der Waals surface area contributed by atoms with Crippen molar-refractivity contribution in [2.24, 2.45) is 5.92 Å². The number of aromatic nitrogens is 3. The van der Waals surface area contributed by atoms with Crippen LogP contribution in [0.2, 0.25) is 0 Å². The molecular formula is C20H25F2N7O2. The molecule has 0 radical (unpaired) electrons. The second-order valence-electron chi connectivity index (χ2n) is 8.47. The van der Waals surface area contributed by atoms with Crippen LogP contribution in [0.4, 0.5) is 26.1 Å². The number of rotatable bonds is 4. The number of halogens is 2. The highest BCUT2D eigenvalue weighted by molar-refractivity contribution is 5.97. The zero-order valence-corrected chi connectivity index (χ0v) is 17.6. The first kappa shape index (κ1) is 21.2. The third-order valence-electron chi connectivity index (χ3n) is 6.00. The summed E-state index contributed by atoms with van der Waals surface area (Å²) in [6, 6.07) is 1.59. The van der Waals surface area contributed by atoms with E-state index < -0.39 is 17.6 Å². The fraction of sp³-hybridized carbons (Fsp3) is 0.500. The van der Waals surface area contributed by atoms with Gasteiger partial charge in [-0.2, -0.15) is 0 Å². The van der Waals surface area contributed by atoms with E-state index >= 15 is 0 Å². The highest BCUT2D eigenvalue weighted by Crippen LogP contribution is 2.37.